The first-order valence-electron chi connectivity index (χ1n) is 9.29. The van der Waals surface area contributed by atoms with Crippen molar-refractivity contribution in [3.63, 3.8) is 0 Å². The Balaban J connectivity index is 1.60. The SMILES string of the molecule is Fc1ccc(-c2cnc(NCCN3CCCC3)nc2-c2ccncc2)cc1. The summed E-state index contributed by atoms with van der Waals surface area (Å²) < 4.78 is 13.3. The van der Waals surface area contributed by atoms with Crippen LogP contribution in [0.25, 0.3) is 22.4 Å². The fourth-order valence-electron chi connectivity index (χ4n) is 3.37. The Morgan fingerprint density at radius 3 is 2.44 bits per heavy atom. The highest BCUT2D eigenvalue weighted by Crippen LogP contribution is 2.30. The highest BCUT2D eigenvalue weighted by atomic mass is 19.1. The van der Waals surface area contributed by atoms with Crippen molar-refractivity contribution in [2.45, 2.75) is 12.8 Å². The summed E-state index contributed by atoms with van der Waals surface area (Å²) in [5.74, 6) is 0.345. The molecule has 1 fully saturated rings. The molecule has 3 aromatic rings. The van der Waals surface area contributed by atoms with Crippen molar-refractivity contribution in [3.8, 4) is 22.4 Å². The summed E-state index contributed by atoms with van der Waals surface area (Å²) in [6.07, 6.45) is 7.86. The molecular weight excluding hydrogens is 341 g/mol. The molecule has 0 unspecified atom stereocenters. The molecule has 3 heterocycles. The van der Waals surface area contributed by atoms with Gasteiger partial charge in [0.05, 0.1) is 5.69 Å². The fourth-order valence-corrected chi connectivity index (χ4v) is 3.37. The van der Waals surface area contributed by atoms with Crippen LogP contribution in [-0.4, -0.2) is 46.0 Å². The monoisotopic (exact) mass is 363 g/mol. The normalized spacial score (nSPS) is 14.4. The predicted octanol–water partition coefficient (Wildman–Crippen LogP) is 3.85. The number of hydrogen-bond acceptors (Lipinski definition) is 5. The Kier molecular flexibility index (Phi) is 5.34. The summed E-state index contributed by atoms with van der Waals surface area (Å²) >= 11 is 0. The summed E-state index contributed by atoms with van der Waals surface area (Å²) in [4.78, 5) is 15.8. The lowest BCUT2D eigenvalue weighted by Crippen LogP contribution is -2.26. The maximum atomic E-state index is 13.3. The van der Waals surface area contributed by atoms with E-state index >= 15 is 0 Å². The highest BCUT2D eigenvalue weighted by Gasteiger charge is 2.13. The molecule has 0 radical (unpaired) electrons. The van der Waals surface area contributed by atoms with Crippen LogP contribution in [0.1, 0.15) is 12.8 Å². The van der Waals surface area contributed by atoms with E-state index in [2.05, 4.69) is 20.2 Å². The van der Waals surface area contributed by atoms with Gasteiger partial charge in [-0.3, -0.25) is 4.98 Å². The smallest absolute Gasteiger partial charge is 0.223 e. The van der Waals surface area contributed by atoms with Crippen LogP contribution in [-0.2, 0) is 0 Å². The largest absolute Gasteiger partial charge is 0.353 e. The quantitative estimate of drug-likeness (QED) is 0.721. The lowest BCUT2D eigenvalue weighted by molar-refractivity contribution is 0.352. The minimum Gasteiger partial charge on any atom is -0.353 e. The molecule has 1 N–H and O–H groups in total. The van der Waals surface area contributed by atoms with Gasteiger partial charge in [0, 0.05) is 42.8 Å². The number of benzene rings is 1. The third kappa shape index (κ3) is 4.28. The van der Waals surface area contributed by atoms with Crippen LogP contribution in [0.4, 0.5) is 10.3 Å². The first-order chi connectivity index (χ1) is 13.3. The van der Waals surface area contributed by atoms with E-state index in [0.29, 0.717) is 5.95 Å². The second kappa shape index (κ2) is 8.22. The van der Waals surface area contributed by atoms with E-state index in [0.717, 1.165) is 35.5 Å². The van der Waals surface area contributed by atoms with Crippen LogP contribution in [0.3, 0.4) is 0 Å². The van der Waals surface area contributed by atoms with Gasteiger partial charge in [-0.2, -0.15) is 0 Å². The van der Waals surface area contributed by atoms with Gasteiger partial charge in [-0.05, 0) is 55.8 Å². The van der Waals surface area contributed by atoms with Gasteiger partial charge in [0.2, 0.25) is 5.95 Å². The summed E-state index contributed by atoms with van der Waals surface area (Å²) in [7, 11) is 0. The molecule has 0 aliphatic carbocycles. The van der Waals surface area contributed by atoms with Crippen molar-refractivity contribution >= 4 is 5.95 Å². The predicted molar refractivity (Wildman–Crippen MR) is 105 cm³/mol. The summed E-state index contributed by atoms with van der Waals surface area (Å²) in [6.45, 7) is 4.15. The maximum absolute atomic E-state index is 13.3. The van der Waals surface area contributed by atoms with Gasteiger partial charge in [0.15, 0.2) is 0 Å². The van der Waals surface area contributed by atoms with Crippen LogP contribution in [0, 0.1) is 5.82 Å². The Morgan fingerprint density at radius 1 is 0.963 bits per heavy atom. The van der Waals surface area contributed by atoms with Gasteiger partial charge < -0.3 is 10.2 Å². The molecule has 1 aliphatic heterocycles. The molecule has 138 valence electrons. The molecule has 27 heavy (non-hydrogen) atoms. The van der Waals surface area contributed by atoms with E-state index in [1.165, 1.54) is 38.1 Å². The zero-order chi connectivity index (χ0) is 18.5. The summed E-state index contributed by atoms with van der Waals surface area (Å²) in [6, 6.07) is 10.2. The molecule has 1 saturated heterocycles. The van der Waals surface area contributed by atoms with Gasteiger partial charge in [0.1, 0.15) is 5.82 Å². The number of nitrogens with zero attached hydrogens (tertiary/aromatic N) is 4. The molecule has 0 saturated carbocycles. The number of halogens is 1. The maximum Gasteiger partial charge on any atom is 0.223 e. The molecule has 2 aromatic heterocycles. The van der Waals surface area contributed by atoms with Crippen molar-refractivity contribution in [1.29, 1.82) is 0 Å². The van der Waals surface area contributed by atoms with E-state index in [4.69, 9.17) is 4.98 Å². The number of nitrogens with one attached hydrogen (secondary N) is 1. The zero-order valence-electron chi connectivity index (χ0n) is 15.1. The van der Waals surface area contributed by atoms with E-state index in [-0.39, 0.29) is 5.82 Å². The van der Waals surface area contributed by atoms with Gasteiger partial charge in [-0.1, -0.05) is 12.1 Å². The molecule has 1 aromatic carbocycles. The van der Waals surface area contributed by atoms with E-state index in [1.54, 1.807) is 30.7 Å². The lowest BCUT2D eigenvalue weighted by atomic mass is 10.0. The molecule has 4 rings (SSSR count). The third-order valence-electron chi connectivity index (χ3n) is 4.81. The second-order valence-corrected chi connectivity index (χ2v) is 6.67. The topological polar surface area (TPSA) is 53.9 Å². The first kappa shape index (κ1) is 17.5. The average molecular weight is 363 g/mol. The van der Waals surface area contributed by atoms with Crippen LogP contribution in [0.5, 0.6) is 0 Å². The van der Waals surface area contributed by atoms with Crippen molar-refractivity contribution in [2.24, 2.45) is 0 Å². The fraction of sp³-hybridized carbons (Fsp3) is 0.286. The van der Waals surface area contributed by atoms with E-state index in [9.17, 15) is 4.39 Å². The molecule has 5 nitrogen and oxygen atoms in total. The summed E-state index contributed by atoms with van der Waals surface area (Å²) in [5.41, 5.74) is 3.51. The Morgan fingerprint density at radius 2 is 1.70 bits per heavy atom. The molecule has 1 aliphatic rings. The average Bonchev–Trinajstić information content (AvgIpc) is 3.23. The van der Waals surface area contributed by atoms with Gasteiger partial charge in [-0.25, -0.2) is 14.4 Å². The van der Waals surface area contributed by atoms with Gasteiger partial charge in [-0.15, -0.1) is 0 Å². The lowest BCUT2D eigenvalue weighted by Gasteiger charge is -2.15. The van der Waals surface area contributed by atoms with Crippen molar-refractivity contribution in [1.82, 2.24) is 19.9 Å². The third-order valence-corrected chi connectivity index (χ3v) is 4.81. The van der Waals surface area contributed by atoms with Crippen molar-refractivity contribution in [2.75, 3.05) is 31.5 Å². The standard InChI is InChI=1S/C21H22FN5/c22-18-5-3-16(4-6-18)19-15-25-21(24-11-14-27-12-1-2-13-27)26-20(19)17-7-9-23-10-8-17/h3-10,15H,1-2,11-14H2,(H,24,25,26). The van der Waals surface area contributed by atoms with Crippen molar-refractivity contribution < 1.29 is 4.39 Å². The number of aromatic nitrogens is 3. The molecule has 0 bridgehead atoms. The Labute approximate surface area is 158 Å². The number of hydrogen-bond donors (Lipinski definition) is 1. The number of anilines is 1. The minimum absolute atomic E-state index is 0.259. The molecule has 0 atom stereocenters. The number of rotatable bonds is 6. The van der Waals surface area contributed by atoms with Crippen LogP contribution in [0.2, 0.25) is 0 Å². The van der Waals surface area contributed by atoms with Crippen molar-refractivity contribution in [3.05, 3.63) is 60.8 Å². The van der Waals surface area contributed by atoms with Crippen LogP contribution < -0.4 is 5.32 Å². The molecule has 0 spiro atoms. The summed E-state index contributed by atoms with van der Waals surface area (Å²) in [5, 5.41) is 3.33. The van der Waals surface area contributed by atoms with Gasteiger partial charge in [0.25, 0.3) is 0 Å². The van der Waals surface area contributed by atoms with Crippen LogP contribution in [0.15, 0.2) is 55.0 Å². The highest BCUT2D eigenvalue weighted by molar-refractivity contribution is 5.80. The van der Waals surface area contributed by atoms with Crippen LogP contribution >= 0.6 is 0 Å². The zero-order valence-corrected chi connectivity index (χ0v) is 15.1. The van der Waals surface area contributed by atoms with Gasteiger partial charge >= 0.3 is 0 Å². The van der Waals surface area contributed by atoms with E-state index in [1.807, 2.05) is 12.1 Å². The van der Waals surface area contributed by atoms with E-state index < -0.39 is 0 Å². The minimum atomic E-state index is -0.259. The molecular formula is C21H22FN5. The first-order valence-corrected chi connectivity index (χ1v) is 9.29. The number of likely N-dealkylation sites (tertiary alicyclic amines) is 1. The second-order valence-electron chi connectivity index (χ2n) is 6.67. The Hall–Kier alpha value is -2.86. The molecule has 6 heteroatoms. The number of pyridine rings is 1. The molecule has 0 amide bonds. The Bertz CT molecular complexity index is 877.